The van der Waals surface area contributed by atoms with Crippen molar-refractivity contribution in [1.29, 1.82) is 0 Å². The van der Waals surface area contributed by atoms with Crippen LogP contribution in [-0.4, -0.2) is 59.2 Å². The van der Waals surface area contributed by atoms with Gasteiger partial charge in [-0.15, -0.1) is 0 Å². The Bertz CT molecular complexity index is 202. The summed E-state index contributed by atoms with van der Waals surface area (Å²) in [5.41, 5.74) is 2.50. The molecule has 1 atom stereocenters. The Balaban J connectivity index is 3.69. The second kappa shape index (κ2) is 11.6. The largest absolute Gasteiger partial charge is 0.383 e. The van der Waals surface area contributed by atoms with Crippen LogP contribution in [0.4, 0.5) is 0 Å². The zero-order chi connectivity index (χ0) is 12.9. The summed E-state index contributed by atoms with van der Waals surface area (Å²) in [7, 11) is 3.29. The highest BCUT2D eigenvalue weighted by atomic mass is 16.5. The smallest absolute Gasteiger partial charge is 0.206 e. The van der Waals surface area contributed by atoms with Gasteiger partial charge in [0.2, 0.25) is 5.96 Å². The lowest BCUT2D eigenvalue weighted by atomic mass is 10.4. The molecule has 0 aliphatic rings. The third kappa shape index (κ3) is 10.0. The molecule has 0 saturated heterocycles. The quantitative estimate of drug-likeness (QED) is 0.161. The first-order chi connectivity index (χ1) is 8.24. The van der Waals surface area contributed by atoms with Gasteiger partial charge >= 0.3 is 0 Å². The molecule has 0 fully saturated rings. The monoisotopic (exact) mass is 248 g/mol. The van der Waals surface area contributed by atoms with E-state index in [0.29, 0.717) is 38.9 Å². The molecule has 102 valence electrons. The van der Waals surface area contributed by atoms with Gasteiger partial charge in [0.05, 0.1) is 33.0 Å². The number of guanidine groups is 1. The number of hydrogen-bond acceptors (Lipinski definition) is 5. The van der Waals surface area contributed by atoms with Crippen LogP contribution < -0.4 is 16.6 Å². The Labute approximate surface area is 103 Å². The first-order valence-corrected chi connectivity index (χ1v) is 5.57. The molecule has 0 rings (SSSR count). The number of rotatable bonds is 9. The second-order valence-electron chi connectivity index (χ2n) is 3.48. The molecule has 0 amide bonds. The molecular formula is C10H24N4O3. The molecule has 7 heteroatoms. The second-order valence-corrected chi connectivity index (χ2v) is 3.48. The highest BCUT2D eigenvalue weighted by Gasteiger charge is 2.02. The molecule has 0 aromatic heterocycles. The van der Waals surface area contributed by atoms with Gasteiger partial charge in [-0.3, -0.25) is 5.43 Å². The fourth-order valence-corrected chi connectivity index (χ4v) is 1.12. The van der Waals surface area contributed by atoms with E-state index in [0.717, 1.165) is 0 Å². The van der Waals surface area contributed by atoms with Gasteiger partial charge in [-0.1, -0.05) is 0 Å². The van der Waals surface area contributed by atoms with Crippen LogP contribution in [0.3, 0.4) is 0 Å². The van der Waals surface area contributed by atoms with Crippen molar-refractivity contribution in [1.82, 2.24) is 10.7 Å². The summed E-state index contributed by atoms with van der Waals surface area (Å²) in [4.78, 5) is 4.21. The van der Waals surface area contributed by atoms with Gasteiger partial charge in [0, 0.05) is 20.3 Å². The Morgan fingerprint density at radius 1 is 1.24 bits per heavy atom. The molecule has 1 unspecified atom stereocenters. The minimum absolute atomic E-state index is 0.143. The van der Waals surface area contributed by atoms with E-state index in [4.69, 9.17) is 20.1 Å². The topological polar surface area (TPSA) is 90.1 Å². The van der Waals surface area contributed by atoms with Crippen LogP contribution >= 0.6 is 0 Å². The Morgan fingerprint density at radius 3 is 2.59 bits per heavy atom. The van der Waals surface area contributed by atoms with E-state index in [1.54, 1.807) is 14.2 Å². The van der Waals surface area contributed by atoms with Crippen molar-refractivity contribution in [2.75, 3.05) is 47.2 Å². The molecule has 7 nitrogen and oxygen atoms in total. The molecule has 0 bridgehead atoms. The number of ether oxygens (including phenoxy) is 3. The van der Waals surface area contributed by atoms with E-state index < -0.39 is 0 Å². The molecule has 0 aliphatic heterocycles. The molecule has 0 radical (unpaired) electrons. The highest BCUT2D eigenvalue weighted by Crippen LogP contribution is 1.83. The lowest BCUT2D eigenvalue weighted by Crippen LogP contribution is -2.47. The average Bonchev–Trinajstić information content (AvgIpc) is 2.32. The predicted molar refractivity (Wildman–Crippen MR) is 66.8 cm³/mol. The van der Waals surface area contributed by atoms with Crippen LogP contribution in [0, 0.1) is 0 Å². The summed E-state index contributed by atoms with van der Waals surface area (Å²) < 4.78 is 15.1. The maximum absolute atomic E-state index is 5.33. The zero-order valence-electron chi connectivity index (χ0n) is 10.9. The summed E-state index contributed by atoms with van der Waals surface area (Å²) in [5, 5.41) is 3.08. The van der Waals surface area contributed by atoms with E-state index in [9.17, 15) is 0 Å². The van der Waals surface area contributed by atoms with Crippen molar-refractivity contribution in [3.63, 3.8) is 0 Å². The molecule has 0 heterocycles. The van der Waals surface area contributed by atoms with Crippen LogP contribution in [0.15, 0.2) is 4.99 Å². The number of nitrogens with one attached hydrogen (secondary N) is 2. The predicted octanol–water partition coefficient (Wildman–Crippen LogP) is -0.907. The van der Waals surface area contributed by atoms with Crippen LogP contribution in [-0.2, 0) is 14.2 Å². The standard InChI is InChI=1S/C10H24N4O3/c1-9(8-16-3)13-10(14-11)12-4-5-17-7-6-15-2/h9H,4-8,11H2,1-3H3,(H2,12,13,14). The lowest BCUT2D eigenvalue weighted by molar-refractivity contribution is 0.0748. The molecule has 0 spiro atoms. The van der Waals surface area contributed by atoms with Crippen molar-refractivity contribution in [3.8, 4) is 0 Å². The molecule has 17 heavy (non-hydrogen) atoms. The Hall–Kier alpha value is -0.890. The summed E-state index contributed by atoms with van der Waals surface area (Å²) in [6.45, 7) is 4.81. The summed E-state index contributed by atoms with van der Waals surface area (Å²) in [6.07, 6.45) is 0. The van der Waals surface area contributed by atoms with Crippen LogP contribution in [0.2, 0.25) is 0 Å². The molecule has 0 aromatic carbocycles. The van der Waals surface area contributed by atoms with Crippen LogP contribution in [0.25, 0.3) is 0 Å². The fourth-order valence-electron chi connectivity index (χ4n) is 1.12. The minimum Gasteiger partial charge on any atom is -0.383 e. The fraction of sp³-hybridized carbons (Fsp3) is 0.900. The lowest BCUT2D eigenvalue weighted by Gasteiger charge is -2.15. The van der Waals surface area contributed by atoms with E-state index in [2.05, 4.69) is 15.7 Å². The number of nitrogens with zero attached hydrogens (tertiary/aromatic N) is 1. The summed E-state index contributed by atoms with van der Waals surface area (Å²) in [5.74, 6) is 5.87. The summed E-state index contributed by atoms with van der Waals surface area (Å²) in [6, 6.07) is 0.143. The van der Waals surface area contributed by atoms with Crippen LogP contribution in [0.5, 0.6) is 0 Å². The van der Waals surface area contributed by atoms with Crippen molar-refractivity contribution in [3.05, 3.63) is 0 Å². The van der Waals surface area contributed by atoms with Crippen molar-refractivity contribution in [2.24, 2.45) is 10.8 Å². The third-order valence-corrected chi connectivity index (χ3v) is 1.87. The SMILES string of the molecule is COCCOCCN=C(NN)NC(C)COC. The molecule has 0 aliphatic carbocycles. The van der Waals surface area contributed by atoms with Gasteiger partial charge in [0.25, 0.3) is 0 Å². The van der Waals surface area contributed by atoms with Crippen molar-refractivity contribution < 1.29 is 14.2 Å². The molecule has 0 aromatic rings. The van der Waals surface area contributed by atoms with Gasteiger partial charge in [-0.25, -0.2) is 10.8 Å². The normalized spacial score (nSPS) is 13.5. The zero-order valence-corrected chi connectivity index (χ0v) is 10.9. The van der Waals surface area contributed by atoms with Crippen molar-refractivity contribution >= 4 is 5.96 Å². The van der Waals surface area contributed by atoms with Gasteiger partial charge < -0.3 is 19.5 Å². The maximum atomic E-state index is 5.33. The number of hydrazine groups is 1. The first kappa shape index (κ1) is 16.1. The van der Waals surface area contributed by atoms with E-state index in [-0.39, 0.29) is 6.04 Å². The maximum Gasteiger partial charge on any atom is 0.206 e. The first-order valence-electron chi connectivity index (χ1n) is 5.57. The Kier molecular flexibility index (Phi) is 11.0. The number of hydrogen-bond donors (Lipinski definition) is 3. The van der Waals surface area contributed by atoms with Gasteiger partial charge in [-0.05, 0) is 6.92 Å². The molecule has 0 saturated carbocycles. The summed E-state index contributed by atoms with van der Waals surface area (Å²) >= 11 is 0. The van der Waals surface area contributed by atoms with Gasteiger partial charge in [0.1, 0.15) is 0 Å². The number of nitrogens with two attached hydrogens (primary N) is 1. The van der Waals surface area contributed by atoms with E-state index >= 15 is 0 Å². The minimum atomic E-state index is 0.143. The van der Waals surface area contributed by atoms with E-state index in [1.165, 1.54) is 0 Å². The average molecular weight is 248 g/mol. The highest BCUT2D eigenvalue weighted by molar-refractivity contribution is 5.79. The van der Waals surface area contributed by atoms with Gasteiger partial charge in [-0.2, -0.15) is 0 Å². The number of aliphatic imine (C=N–C) groups is 1. The molecule has 4 N–H and O–H groups in total. The number of methoxy groups -OCH3 is 2. The van der Waals surface area contributed by atoms with Crippen molar-refractivity contribution in [2.45, 2.75) is 13.0 Å². The molecular weight excluding hydrogens is 224 g/mol. The van der Waals surface area contributed by atoms with E-state index in [1.807, 2.05) is 6.92 Å². The third-order valence-electron chi connectivity index (χ3n) is 1.87. The van der Waals surface area contributed by atoms with Crippen LogP contribution in [0.1, 0.15) is 6.92 Å². The van der Waals surface area contributed by atoms with Gasteiger partial charge in [0.15, 0.2) is 0 Å². The Morgan fingerprint density at radius 2 is 2.00 bits per heavy atom.